The van der Waals surface area contributed by atoms with E-state index in [0.29, 0.717) is 16.5 Å². The summed E-state index contributed by atoms with van der Waals surface area (Å²) in [5.74, 6) is 0.263. The van der Waals surface area contributed by atoms with Crippen molar-refractivity contribution in [3.8, 4) is 11.5 Å². The molecule has 0 aliphatic carbocycles. The van der Waals surface area contributed by atoms with Gasteiger partial charge in [-0.2, -0.15) is 5.10 Å². The van der Waals surface area contributed by atoms with Crippen LogP contribution in [0.3, 0.4) is 0 Å². The van der Waals surface area contributed by atoms with Crippen molar-refractivity contribution in [2.75, 3.05) is 7.11 Å². The van der Waals surface area contributed by atoms with E-state index in [1.807, 2.05) is 0 Å². The van der Waals surface area contributed by atoms with E-state index >= 15 is 0 Å². The maximum Gasteiger partial charge on any atom is 0.349 e. The summed E-state index contributed by atoms with van der Waals surface area (Å²) in [7, 11) is 1.43. The monoisotopic (exact) mass is 311 g/mol. The van der Waals surface area contributed by atoms with Gasteiger partial charge in [-0.25, -0.2) is 4.79 Å². The Balaban J connectivity index is 2.08. The van der Waals surface area contributed by atoms with Crippen LogP contribution in [0.15, 0.2) is 57.2 Å². The maximum atomic E-state index is 12.3. The molecule has 0 aliphatic rings. The summed E-state index contributed by atoms with van der Waals surface area (Å²) in [5.41, 5.74) is -0.110. The number of nitrogens with zero attached hydrogens (tertiary/aromatic N) is 2. The first-order valence-corrected chi connectivity index (χ1v) is 6.75. The minimum absolute atomic E-state index is 0.00892. The Hall–Kier alpha value is -3.35. The molecule has 0 bridgehead atoms. The molecule has 0 atom stereocenters. The number of benzene rings is 2. The molecule has 0 unspecified atom stereocenters. The van der Waals surface area contributed by atoms with Crippen molar-refractivity contribution in [3.05, 3.63) is 68.9 Å². The minimum atomic E-state index is -0.629. The molecule has 1 heterocycles. The highest BCUT2D eigenvalue weighted by Crippen LogP contribution is 2.25. The molecular formula is C16H13N3O4. The molecule has 2 N–H and O–H groups in total. The van der Waals surface area contributed by atoms with Crippen LogP contribution >= 0.6 is 0 Å². The van der Waals surface area contributed by atoms with Gasteiger partial charge in [0.2, 0.25) is 0 Å². The fourth-order valence-electron chi connectivity index (χ4n) is 2.16. The van der Waals surface area contributed by atoms with Crippen LogP contribution in [0.5, 0.6) is 11.5 Å². The van der Waals surface area contributed by atoms with E-state index in [1.165, 1.54) is 19.4 Å². The third-order valence-electron chi connectivity index (χ3n) is 3.31. The van der Waals surface area contributed by atoms with E-state index in [4.69, 9.17) is 4.74 Å². The summed E-state index contributed by atoms with van der Waals surface area (Å²) in [4.78, 5) is 26.9. The molecule has 116 valence electrons. The normalized spacial score (nSPS) is 11.2. The maximum absolute atomic E-state index is 12.3. The topological polar surface area (TPSA) is 96.7 Å². The van der Waals surface area contributed by atoms with Gasteiger partial charge in [0.15, 0.2) is 11.5 Å². The second-order valence-corrected chi connectivity index (χ2v) is 4.77. The van der Waals surface area contributed by atoms with Gasteiger partial charge < -0.3 is 14.8 Å². The number of aromatic nitrogens is 2. The largest absolute Gasteiger partial charge is 0.504 e. The molecule has 0 fully saturated rings. The SMILES string of the molecule is COc1cc(/C=N/n2c(=O)[nH]c3ccccc3c2=O)ccc1O. The van der Waals surface area contributed by atoms with Crippen LogP contribution in [-0.4, -0.2) is 28.1 Å². The molecule has 23 heavy (non-hydrogen) atoms. The van der Waals surface area contributed by atoms with Crippen molar-refractivity contribution in [1.29, 1.82) is 0 Å². The van der Waals surface area contributed by atoms with Crippen molar-refractivity contribution in [1.82, 2.24) is 9.66 Å². The highest BCUT2D eigenvalue weighted by atomic mass is 16.5. The number of aromatic hydroxyl groups is 1. The Bertz CT molecular complexity index is 1020. The Kier molecular flexibility index (Phi) is 3.68. The number of aromatic amines is 1. The third kappa shape index (κ3) is 2.71. The van der Waals surface area contributed by atoms with Crippen molar-refractivity contribution >= 4 is 17.1 Å². The van der Waals surface area contributed by atoms with Gasteiger partial charge in [0.05, 0.1) is 24.2 Å². The molecule has 3 rings (SSSR count). The van der Waals surface area contributed by atoms with Crippen LogP contribution in [0.25, 0.3) is 10.9 Å². The minimum Gasteiger partial charge on any atom is -0.504 e. The molecule has 0 amide bonds. The molecule has 0 saturated heterocycles. The van der Waals surface area contributed by atoms with E-state index in [0.717, 1.165) is 4.68 Å². The number of ether oxygens (including phenoxy) is 1. The first-order valence-electron chi connectivity index (χ1n) is 6.75. The Morgan fingerprint density at radius 3 is 2.78 bits per heavy atom. The molecule has 0 radical (unpaired) electrons. The quantitative estimate of drug-likeness (QED) is 0.712. The van der Waals surface area contributed by atoms with Gasteiger partial charge in [0.25, 0.3) is 5.56 Å². The second kappa shape index (κ2) is 5.80. The van der Waals surface area contributed by atoms with Crippen molar-refractivity contribution in [2.45, 2.75) is 0 Å². The summed E-state index contributed by atoms with van der Waals surface area (Å²) in [6, 6.07) is 11.3. The van der Waals surface area contributed by atoms with Crippen molar-refractivity contribution < 1.29 is 9.84 Å². The average molecular weight is 311 g/mol. The summed E-state index contributed by atoms with van der Waals surface area (Å²) in [6.07, 6.45) is 1.34. The van der Waals surface area contributed by atoms with Crippen LogP contribution in [0.2, 0.25) is 0 Å². The van der Waals surface area contributed by atoms with Gasteiger partial charge in [-0.05, 0) is 35.9 Å². The number of rotatable bonds is 3. The number of nitrogens with one attached hydrogen (secondary N) is 1. The number of H-pyrrole nitrogens is 1. The highest BCUT2D eigenvalue weighted by molar-refractivity contribution is 5.81. The summed E-state index contributed by atoms with van der Waals surface area (Å²) in [5, 5.41) is 13.8. The lowest BCUT2D eigenvalue weighted by Gasteiger charge is -2.04. The zero-order chi connectivity index (χ0) is 16.4. The number of phenols is 1. The molecule has 2 aromatic carbocycles. The Morgan fingerprint density at radius 2 is 2.00 bits per heavy atom. The summed E-state index contributed by atoms with van der Waals surface area (Å²) >= 11 is 0. The molecule has 0 spiro atoms. The fourth-order valence-corrected chi connectivity index (χ4v) is 2.16. The average Bonchev–Trinajstić information content (AvgIpc) is 2.56. The number of para-hydroxylation sites is 1. The van der Waals surface area contributed by atoms with Crippen molar-refractivity contribution in [2.24, 2.45) is 5.10 Å². The van der Waals surface area contributed by atoms with E-state index in [-0.39, 0.29) is 11.5 Å². The number of hydrogen-bond donors (Lipinski definition) is 2. The van der Waals surface area contributed by atoms with Gasteiger partial charge >= 0.3 is 5.69 Å². The fraction of sp³-hybridized carbons (Fsp3) is 0.0625. The van der Waals surface area contributed by atoms with Gasteiger partial charge in [-0.1, -0.05) is 12.1 Å². The summed E-state index contributed by atoms with van der Waals surface area (Å²) in [6.45, 7) is 0. The lowest BCUT2D eigenvalue weighted by atomic mass is 10.2. The van der Waals surface area contributed by atoms with Gasteiger partial charge in [-0.15, -0.1) is 4.68 Å². The zero-order valence-corrected chi connectivity index (χ0v) is 12.2. The first-order chi connectivity index (χ1) is 11.1. The van der Waals surface area contributed by atoms with E-state index < -0.39 is 11.2 Å². The Labute approximate surface area is 130 Å². The third-order valence-corrected chi connectivity index (χ3v) is 3.31. The second-order valence-electron chi connectivity index (χ2n) is 4.77. The van der Waals surface area contributed by atoms with Crippen LogP contribution in [-0.2, 0) is 0 Å². The van der Waals surface area contributed by atoms with Crippen molar-refractivity contribution in [3.63, 3.8) is 0 Å². The predicted octanol–water partition coefficient (Wildman–Crippen LogP) is 1.29. The molecule has 7 heteroatoms. The van der Waals surface area contributed by atoms with Crippen LogP contribution in [0, 0.1) is 0 Å². The molecule has 0 aliphatic heterocycles. The lowest BCUT2D eigenvalue weighted by molar-refractivity contribution is 0.373. The van der Waals surface area contributed by atoms with Gasteiger partial charge in [0, 0.05) is 0 Å². The number of methoxy groups -OCH3 is 1. The standard InChI is InChI=1S/C16H13N3O4/c1-23-14-8-10(6-7-13(14)20)9-17-19-15(21)11-4-2-3-5-12(11)18-16(19)22/h2-9,20H,1H3,(H,18,22)/b17-9+. The molecule has 7 nitrogen and oxygen atoms in total. The molecule has 3 aromatic rings. The van der Waals surface area contributed by atoms with Crippen LogP contribution in [0.4, 0.5) is 0 Å². The van der Waals surface area contributed by atoms with E-state index in [1.54, 1.807) is 36.4 Å². The Morgan fingerprint density at radius 1 is 1.22 bits per heavy atom. The number of phenolic OH excluding ortho intramolecular Hbond substituents is 1. The zero-order valence-electron chi connectivity index (χ0n) is 12.2. The smallest absolute Gasteiger partial charge is 0.349 e. The van der Waals surface area contributed by atoms with Crippen LogP contribution in [0.1, 0.15) is 5.56 Å². The number of fused-ring (bicyclic) bond motifs is 1. The molecular weight excluding hydrogens is 298 g/mol. The highest BCUT2D eigenvalue weighted by Gasteiger charge is 2.06. The van der Waals surface area contributed by atoms with E-state index in [2.05, 4.69) is 10.1 Å². The molecule has 1 aromatic heterocycles. The number of hydrogen-bond acceptors (Lipinski definition) is 5. The summed E-state index contributed by atoms with van der Waals surface area (Å²) < 4.78 is 5.75. The van der Waals surface area contributed by atoms with E-state index in [9.17, 15) is 14.7 Å². The molecule has 0 saturated carbocycles. The lowest BCUT2D eigenvalue weighted by Crippen LogP contribution is -2.32. The predicted molar refractivity (Wildman–Crippen MR) is 86.5 cm³/mol. The van der Waals surface area contributed by atoms with Crippen LogP contribution < -0.4 is 16.0 Å². The van der Waals surface area contributed by atoms with Gasteiger partial charge in [-0.3, -0.25) is 4.79 Å². The van der Waals surface area contributed by atoms with Gasteiger partial charge in [0.1, 0.15) is 0 Å². The first kappa shape index (κ1) is 14.6.